The Morgan fingerprint density at radius 1 is 0.870 bits per heavy atom. The second-order valence-electron chi connectivity index (χ2n) is 5.22. The molecule has 2 heterocycles. The molecule has 5 heteroatoms. The molecule has 0 saturated carbocycles. The summed E-state index contributed by atoms with van der Waals surface area (Å²) >= 11 is 0. The van der Waals surface area contributed by atoms with Gasteiger partial charge < -0.3 is 4.90 Å². The van der Waals surface area contributed by atoms with Crippen molar-refractivity contribution in [3.05, 3.63) is 73.1 Å². The summed E-state index contributed by atoms with van der Waals surface area (Å²) in [5.41, 5.74) is 3.56. The van der Waals surface area contributed by atoms with Crippen LogP contribution in [0, 0.1) is 0 Å². The SMILES string of the molecule is CN(c1ccccc1)c1cnc2c(cnn2-c2ccccc2)n1. The van der Waals surface area contributed by atoms with Gasteiger partial charge in [-0.3, -0.25) is 0 Å². The molecule has 0 aliphatic carbocycles. The van der Waals surface area contributed by atoms with Crippen LogP contribution in [0.3, 0.4) is 0 Å². The third kappa shape index (κ3) is 2.42. The van der Waals surface area contributed by atoms with Gasteiger partial charge in [0.2, 0.25) is 0 Å². The molecule has 0 atom stereocenters. The minimum atomic E-state index is 0.751. The zero-order valence-corrected chi connectivity index (χ0v) is 12.7. The van der Waals surface area contributed by atoms with Crippen LogP contribution in [-0.2, 0) is 0 Å². The minimum Gasteiger partial charge on any atom is -0.328 e. The van der Waals surface area contributed by atoms with Crippen molar-refractivity contribution < 1.29 is 0 Å². The van der Waals surface area contributed by atoms with Crippen LogP contribution in [0.5, 0.6) is 0 Å². The Balaban J connectivity index is 1.76. The van der Waals surface area contributed by atoms with Gasteiger partial charge in [-0.1, -0.05) is 36.4 Å². The van der Waals surface area contributed by atoms with E-state index in [1.165, 1.54) is 0 Å². The highest BCUT2D eigenvalue weighted by atomic mass is 15.3. The maximum Gasteiger partial charge on any atom is 0.181 e. The van der Waals surface area contributed by atoms with Gasteiger partial charge in [-0.15, -0.1) is 0 Å². The second kappa shape index (κ2) is 5.53. The maximum absolute atomic E-state index is 4.68. The number of anilines is 2. The van der Waals surface area contributed by atoms with Gasteiger partial charge >= 0.3 is 0 Å². The summed E-state index contributed by atoms with van der Waals surface area (Å²) in [4.78, 5) is 11.2. The van der Waals surface area contributed by atoms with Gasteiger partial charge in [-0.05, 0) is 24.3 Å². The van der Waals surface area contributed by atoms with Crippen molar-refractivity contribution in [2.75, 3.05) is 11.9 Å². The van der Waals surface area contributed by atoms with E-state index in [4.69, 9.17) is 0 Å². The number of aromatic nitrogens is 4. The summed E-state index contributed by atoms with van der Waals surface area (Å²) < 4.78 is 1.80. The van der Waals surface area contributed by atoms with Crippen LogP contribution in [0.15, 0.2) is 73.1 Å². The highest BCUT2D eigenvalue weighted by molar-refractivity contribution is 5.74. The number of nitrogens with zero attached hydrogens (tertiary/aromatic N) is 5. The van der Waals surface area contributed by atoms with E-state index in [1.807, 2.05) is 72.6 Å². The first-order valence-electron chi connectivity index (χ1n) is 7.38. The van der Waals surface area contributed by atoms with Gasteiger partial charge in [0.05, 0.1) is 18.1 Å². The molecule has 112 valence electrons. The molecular weight excluding hydrogens is 286 g/mol. The van der Waals surface area contributed by atoms with Crippen LogP contribution in [0.25, 0.3) is 16.9 Å². The van der Waals surface area contributed by atoms with Gasteiger partial charge in [-0.2, -0.15) is 5.10 Å². The molecule has 4 rings (SSSR count). The largest absolute Gasteiger partial charge is 0.328 e. The smallest absolute Gasteiger partial charge is 0.181 e. The van der Waals surface area contributed by atoms with E-state index in [0.717, 1.165) is 28.4 Å². The molecule has 0 amide bonds. The highest BCUT2D eigenvalue weighted by Crippen LogP contribution is 2.23. The van der Waals surface area contributed by atoms with Gasteiger partial charge in [0.15, 0.2) is 11.5 Å². The second-order valence-corrected chi connectivity index (χ2v) is 5.22. The summed E-state index contributed by atoms with van der Waals surface area (Å²) in [6.45, 7) is 0. The number of rotatable bonds is 3. The number of hydrogen-bond donors (Lipinski definition) is 0. The Hall–Kier alpha value is -3.21. The van der Waals surface area contributed by atoms with E-state index < -0.39 is 0 Å². The number of para-hydroxylation sites is 2. The molecule has 4 aromatic rings. The molecular formula is C18H15N5. The normalized spacial score (nSPS) is 10.8. The zero-order valence-electron chi connectivity index (χ0n) is 12.7. The summed E-state index contributed by atoms with van der Waals surface area (Å²) in [5.74, 6) is 0.788. The quantitative estimate of drug-likeness (QED) is 0.580. The molecule has 0 saturated heterocycles. The fourth-order valence-corrected chi connectivity index (χ4v) is 2.51. The molecule has 23 heavy (non-hydrogen) atoms. The van der Waals surface area contributed by atoms with Gasteiger partial charge in [0.1, 0.15) is 5.52 Å². The number of hydrogen-bond acceptors (Lipinski definition) is 4. The molecule has 2 aromatic heterocycles. The molecule has 2 aromatic carbocycles. The van der Waals surface area contributed by atoms with Crippen molar-refractivity contribution in [1.29, 1.82) is 0 Å². The van der Waals surface area contributed by atoms with Gasteiger partial charge in [0, 0.05) is 12.7 Å². The lowest BCUT2D eigenvalue weighted by molar-refractivity contribution is 0.896. The van der Waals surface area contributed by atoms with Crippen LogP contribution in [0.4, 0.5) is 11.5 Å². The average Bonchev–Trinajstić information content (AvgIpc) is 3.06. The number of benzene rings is 2. The van der Waals surface area contributed by atoms with Crippen LogP contribution >= 0.6 is 0 Å². The Morgan fingerprint density at radius 2 is 1.57 bits per heavy atom. The van der Waals surface area contributed by atoms with Crippen molar-refractivity contribution in [3.8, 4) is 5.69 Å². The summed E-state index contributed by atoms with van der Waals surface area (Å²) in [6, 6.07) is 20.0. The molecule has 0 bridgehead atoms. The van der Waals surface area contributed by atoms with Crippen molar-refractivity contribution >= 4 is 22.7 Å². The van der Waals surface area contributed by atoms with Crippen molar-refractivity contribution in [1.82, 2.24) is 19.7 Å². The third-order valence-corrected chi connectivity index (χ3v) is 3.75. The van der Waals surface area contributed by atoms with Crippen LogP contribution in [-0.4, -0.2) is 26.8 Å². The van der Waals surface area contributed by atoms with E-state index >= 15 is 0 Å². The minimum absolute atomic E-state index is 0.751. The summed E-state index contributed by atoms with van der Waals surface area (Å²) in [5, 5.41) is 4.41. The van der Waals surface area contributed by atoms with Crippen LogP contribution in [0.1, 0.15) is 0 Å². The lowest BCUT2D eigenvalue weighted by Crippen LogP contribution is -2.11. The third-order valence-electron chi connectivity index (χ3n) is 3.75. The average molecular weight is 301 g/mol. The van der Waals surface area contributed by atoms with Gasteiger partial charge in [-0.25, -0.2) is 14.6 Å². The standard InChI is InChI=1S/C18H15N5/c1-22(14-8-4-2-5-9-14)17-13-19-18-16(21-17)12-20-23(18)15-10-6-3-7-11-15/h2-13H,1H3. The molecule has 0 aliphatic rings. The Bertz CT molecular complexity index is 931. The zero-order chi connectivity index (χ0) is 15.6. The number of fused-ring (bicyclic) bond motifs is 1. The lowest BCUT2D eigenvalue weighted by atomic mass is 10.3. The predicted molar refractivity (Wildman–Crippen MR) is 91.2 cm³/mol. The molecule has 0 radical (unpaired) electrons. The summed E-state index contributed by atoms with van der Waals surface area (Å²) in [7, 11) is 1.98. The topological polar surface area (TPSA) is 46.8 Å². The Morgan fingerprint density at radius 3 is 2.30 bits per heavy atom. The maximum atomic E-state index is 4.68. The summed E-state index contributed by atoms with van der Waals surface area (Å²) in [6.07, 6.45) is 3.52. The highest BCUT2D eigenvalue weighted by Gasteiger charge is 2.11. The molecule has 0 aliphatic heterocycles. The van der Waals surface area contributed by atoms with Crippen molar-refractivity contribution in [2.45, 2.75) is 0 Å². The Kier molecular flexibility index (Phi) is 3.24. The van der Waals surface area contributed by atoms with Gasteiger partial charge in [0.25, 0.3) is 0 Å². The van der Waals surface area contributed by atoms with E-state index in [-0.39, 0.29) is 0 Å². The first-order valence-corrected chi connectivity index (χ1v) is 7.38. The Labute approximate surface area is 133 Å². The van der Waals surface area contributed by atoms with Crippen LogP contribution in [0.2, 0.25) is 0 Å². The fourth-order valence-electron chi connectivity index (χ4n) is 2.51. The first-order chi connectivity index (χ1) is 11.3. The van der Waals surface area contributed by atoms with Crippen molar-refractivity contribution in [2.24, 2.45) is 0 Å². The molecule has 0 N–H and O–H groups in total. The van der Waals surface area contributed by atoms with E-state index in [0.29, 0.717) is 0 Å². The van der Waals surface area contributed by atoms with E-state index in [9.17, 15) is 0 Å². The fraction of sp³-hybridized carbons (Fsp3) is 0.0556. The molecule has 0 spiro atoms. The van der Waals surface area contributed by atoms with E-state index in [1.54, 1.807) is 17.1 Å². The van der Waals surface area contributed by atoms with Crippen LogP contribution < -0.4 is 4.90 Å². The molecule has 0 unspecified atom stereocenters. The monoisotopic (exact) mass is 301 g/mol. The lowest BCUT2D eigenvalue weighted by Gasteiger charge is -2.17. The molecule has 0 fully saturated rings. The van der Waals surface area contributed by atoms with E-state index in [2.05, 4.69) is 15.1 Å². The first kappa shape index (κ1) is 13.5. The van der Waals surface area contributed by atoms with Crippen molar-refractivity contribution in [3.63, 3.8) is 0 Å². The molecule has 5 nitrogen and oxygen atoms in total. The predicted octanol–water partition coefficient (Wildman–Crippen LogP) is 3.58.